The molecule has 1 aliphatic heterocycles. The molecule has 0 radical (unpaired) electrons. The van der Waals surface area contributed by atoms with E-state index >= 15 is 0 Å². The molecule has 1 N–H and O–H groups in total. The number of carbonyl (C=O) groups excluding carboxylic acids is 1. The zero-order valence-corrected chi connectivity index (χ0v) is 11.5. The minimum absolute atomic E-state index is 0.0478. The molecule has 0 bridgehead atoms. The lowest BCUT2D eigenvalue weighted by atomic mass is 10.2. The van der Waals surface area contributed by atoms with Gasteiger partial charge in [0, 0.05) is 24.2 Å². The van der Waals surface area contributed by atoms with Crippen molar-refractivity contribution in [2.24, 2.45) is 0 Å². The molecule has 1 fully saturated rings. The number of benzene rings is 1. The van der Waals surface area contributed by atoms with Crippen molar-refractivity contribution in [3.8, 4) is 0 Å². The summed E-state index contributed by atoms with van der Waals surface area (Å²) in [6.07, 6.45) is 2.03. The van der Waals surface area contributed by atoms with E-state index < -0.39 is 0 Å². The van der Waals surface area contributed by atoms with Crippen LogP contribution in [-0.4, -0.2) is 45.0 Å². The lowest BCUT2D eigenvalue weighted by Gasteiger charge is -2.27. The maximum Gasteiger partial charge on any atom is 0.246 e. The first-order chi connectivity index (χ1) is 8.72. The van der Waals surface area contributed by atoms with Gasteiger partial charge in [-0.15, -0.1) is 11.8 Å². The molecule has 1 aromatic rings. The summed E-state index contributed by atoms with van der Waals surface area (Å²) < 4.78 is 5.31. The highest BCUT2D eigenvalue weighted by Gasteiger charge is 2.24. The Bertz CT molecular complexity index is 402. The third-order valence-corrected chi connectivity index (χ3v) is 3.75. The number of anilines is 1. The van der Waals surface area contributed by atoms with Crippen LogP contribution in [0.2, 0.25) is 0 Å². The van der Waals surface area contributed by atoms with Gasteiger partial charge in [-0.25, -0.2) is 0 Å². The molecular formula is C13H18N2O2S. The molecule has 1 amide bonds. The zero-order valence-electron chi connectivity index (χ0n) is 10.7. The Balaban J connectivity index is 2.04. The van der Waals surface area contributed by atoms with Crippen LogP contribution in [0.4, 0.5) is 5.69 Å². The van der Waals surface area contributed by atoms with Gasteiger partial charge in [-0.3, -0.25) is 4.79 Å². The highest BCUT2D eigenvalue weighted by molar-refractivity contribution is 7.98. The minimum Gasteiger partial charge on any atom is -0.378 e. The van der Waals surface area contributed by atoms with Crippen molar-refractivity contribution in [1.82, 2.24) is 5.32 Å². The number of hydrogen-bond acceptors (Lipinski definition) is 4. The van der Waals surface area contributed by atoms with Gasteiger partial charge in [0.25, 0.3) is 0 Å². The van der Waals surface area contributed by atoms with Crippen molar-refractivity contribution in [1.29, 1.82) is 0 Å². The first kappa shape index (κ1) is 13.4. The van der Waals surface area contributed by atoms with Crippen molar-refractivity contribution in [2.75, 3.05) is 38.0 Å². The first-order valence-corrected chi connectivity index (χ1v) is 7.17. The number of nitrogens with zero attached hydrogens (tertiary/aromatic N) is 1. The van der Waals surface area contributed by atoms with E-state index in [1.54, 1.807) is 23.7 Å². The number of rotatable bonds is 3. The van der Waals surface area contributed by atoms with Crippen LogP contribution in [0.15, 0.2) is 29.2 Å². The number of thioether (sulfide) groups is 1. The van der Waals surface area contributed by atoms with Crippen molar-refractivity contribution in [2.45, 2.75) is 10.9 Å². The molecule has 5 heteroatoms. The molecule has 18 heavy (non-hydrogen) atoms. The van der Waals surface area contributed by atoms with Gasteiger partial charge in [0.15, 0.2) is 0 Å². The summed E-state index contributed by atoms with van der Waals surface area (Å²) in [6.45, 7) is 1.86. The van der Waals surface area contributed by atoms with Crippen LogP contribution in [0.3, 0.4) is 0 Å². The summed E-state index contributed by atoms with van der Waals surface area (Å²) in [6, 6.07) is 7.74. The minimum atomic E-state index is -0.232. The Morgan fingerprint density at radius 3 is 2.72 bits per heavy atom. The average Bonchev–Trinajstić information content (AvgIpc) is 2.47. The molecule has 0 aliphatic carbocycles. The number of ether oxygens (including phenoxy) is 1. The van der Waals surface area contributed by atoms with Gasteiger partial charge in [0.2, 0.25) is 5.91 Å². The summed E-state index contributed by atoms with van der Waals surface area (Å²) in [5, 5.41) is 3.17. The highest BCUT2D eigenvalue weighted by Crippen LogP contribution is 2.20. The first-order valence-electron chi connectivity index (χ1n) is 5.95. The van der Waals surface area contributed by atoms with Gasteiger partial charge in [-0.05, 0) is 30.5 Å². The number of hydrogen-bond donors (Lipinski definition) is 1. The molecule has 1 aromatic carbocycles. The quantitative estimate of drug-likeness (QED) is 0.839. The third-order valence-electron chi connectivity index (χ3n) is 3.01. The van der Waals surface area contributed by atoms with Crippen molar-refractivity contribution in [3.05, 3.63) is 24.3 Å². The smallest absolute Gasteiger partial charge is 0.246 e. The van der Waals surface area contributed by atoms with Crippen molar-refractivity contribution >= 4 is 23.4 Å². The van der Waals surface area contributed by atoms with Gasteiger partial charge in [0.1, 0.15) is 6.04 Å². The lowest BCUT2D eigenvalue weighted by Crippen LogP contribution is -2.51. The topological polar surface area (TPSA) is 41.6 Å². The summed E-state index contributed by atoms with van der Waals surface area (Å²) in [5.74, 6) is 0.0478. The van der Waals surface area contributed by atoms with Crippen LogP contribution >= 0.6 is 11.8 Å². The summed E-state index contributed by atoms with van der Waals surface area (Å²) >= 11 is 1.69. The number of nitrogens with one attached hydrogen (secondary N) is 1. The predicted octanol–water partition coefficient (Wildman–Crippen LogP) is 1.36. The van der Waals surface area contributed by atoms with E-state index in [9.17, 15) is 4.79 Å². The second kappa shape index (κ2) is 6.22. The Kier molecular flexibility index (Phi) is 4.63. The van der Waals surface area contributed by atoms with E-state index in [1.165, 1.54) is 4.90 Å². The van der Waals surface area contributed by atoms with Gasteiger partial charge >= 0.3 is 0 Å². The molecule has 1 heterocycles. The van der Waals surface area contributed by atoms with Crippen molar-refractivity contribution in [3.63, 3.8) is 0 Å². The van der Waals surface area contributed by atoms with Gasteiger partial charge < -0.3 is 15.0 Å². The lowest BCUT2D eigenvalue weighted by molar-refractivity contribution is -0.123. The molecule has 1 unspecified atom stereocenters. The molecule has 0 aromatic heterocycles. The summed E-state index contributed by atoms with van der Waals surface area (Å²) in [5.41, 5.74) is 0.908. The van der Waals surface area contributed by atoms with Gasteiger partial charge in [-0.2, -0.15) is 0 Å². The third kappa shape index (κ3) is 3.04. The van der Waals surface area contributed by atoms with Gasteiger partial charge in [-0.1, -0.05) is 0 Å². The molecule has 98 valence electrons. The zero-order chi connectivity index (χ0) is 13.0. The molecule has 1 atom stereocenters. The fraction of sp³-hybridized carbons (Fsp3) is 0.462. The number of morpholine rings is 1. The molecular weight excluding hydrogens is 248 g/mol. The molecule has 1 saturated heterocycles. The fourth-order valence-corrected chi connectivity index (χ4v) is 2.30. The predicted molar refractivity (Wildman–Crippen MR) is 74.2 cm³/mol. The van der Waals surface area contributed by atoms with E-state index in [2.05, 4.69) is 5.32 Å². The standard InChI is InChI=1S/C13H18N2O2S/c1-15(10-3-5-11(18-2)6-4-10)13(16)12-9-17-8-7-14-12/h3-6,12,14H,7-9H2,1-2H3. The SMILES string of the molecule is CSc1ccc(N(C)C(=O)C2COCCN2)cc1. The number of amides is 1. The molecule has 0 saturated carbocycles. The normalized spacial score (nSPS) is 19.6. The van der Waals surface area contributed by atoms with E-state index in [0.29, 0.717) is 13.2 Å². The van der Waals surface area contributed by atoms with E-state index in [-0.39, 0.29) is 11.9 Å². The second-order valence-corrected chi connectivity index (χ2v) is 5.06. The molecule has 2 rings (SSSR count). The summed E-state index contributed by atoms with van der Waals surface area (Å²) in [7, 11) is 1.80. The Morgan fingerprint density at radius 1 is 1.44 bits per heavy atom. The molecule has 4 nitrogen and oxygen atoms in total. The largest absolute Gasteiger partial charge is 0.378 e. The fourth-order valence-electron chi connectivity index (χ4n) is 1.89. The Hall–Kier alpha value is -1.04. The molecule has 1 aliphatic rings. The van der Waals surface area contributed by atoms with E-state index in [4.69, 9.17) is 4.74 Å². The van der Waals surface area contributed by atoms with Crippen LogP contribution in [-0.2, 0) is 9.53 Å². The Morgan fingerprint density at radius 2 is 2.17 bits per heavy atom. The highest BCUT2D eigenvalue weighted by atomic mass is 32.2. The van der Waals surface area contributed by atoms with Crippen LogP contribution in [0.5, 0.6) is 0 Å². The number of likely N-dealkylation sites (N-methyl/N-ethyl adjacent to an activating group) is 1. The maximum atomic E-state index is 12.2. The maximum absolute atomic E-state index is 12.2. The van der Waals surface area contributed by atoms with Crippen molar-refractivity contribution < 1.29 is 9.53 Å². The molecule has 0 spiro atoms. The van der Waals surface area contributed by atoms with Crippen LogP contribution in [0.1, 0.15) is 0 Å². The average molecular weight is 266 g/mol. The van der Waals surface area contributed by atoms with Crippen LogP contribution in [0, 0.1) is 0 Å². The van der Waals surface area contributed by atoms with Crippen LogP contribution in [0.25, 0.3) is 0 Å². The number of carbonyl (C=O) groups is 1. The van der Waals surface area contributed by atoms with E-state index in [1.807, 2.05) is 30.5 Å². The Labute approximate surface area is 112 Å². The summed E-state index contributed by atoms with van der Waals surface area (Å²) in [4.78, 5) is 15.1. The van der Waals surface area contributed by atoms with Crippen LogP contribution < -0.4 is 10.2 Å². The van der Waals surface area contributed by atoms with Gasteiger partial charge in [0.05, 0.1) is 13.2 Å². The van der Waals surface area contributed by atoms with E-state index in [0.717, 1.165) is 12.2 Å². The second-order valence-electron chi connectivity index (χ2n) is 4.18. The monoisotopic (exact) mass is 266 g/mol.